The molecule has 31 heavy (non-hydrogen) atoms. The summed E-state index contributed by atoms with van der Waals surface area (Å²) in [5, 5.41) is 13.3. The summed E-state index contributed by atoms with van der Waals surface area (Å²) in [6, 6.07) is 8.22. The second-order valence-electron chi connectivity index (χ2n) is 6.65. The van der Waals surface area contributed by atoms with Gasteiger partial charge < -0.3 is 10.1 Å². The maximum Gasteiger partial charge on any atom is 0.324 e. The number of nitrogens with one attached hydrogen (secondary N) is 2. The molecule has 2 aromatic rings. The zero-order valence-electron chi connectivity index (χ0n) is 16.8. The molecule has 0 aromatic heterocycles. The van der Waals surface area contributed by atoms with Crippen molar-refractivity contribution in [1.29, 1.82) is 0 Å². The van der Waals surface area contributed by atoms with E-state index in [1.165, 1.54) is 38.1 Å². The lowest BCUT2D eigenvalue weighted by atomic mass is 10.2. The predicted octanol–water partition coefficient (Wildman–Crippen LogP) is 2.79. The van der Waals surface area contributed by atoms with Crippen molar-refractivity contribution in [2.24, 2.45) is 0 Å². The van der Waals surface area contributed by atoms with Crippen LogP contribution in [-0.2, 0) is 24.3 Å². The molecule has 0 aliphatic heterocycles. The molecule has 2 atom stereocenters. The van der Waals surface area contributed by atoms with Gasteiger partial charge in [-0.25, -0.2) is 8.42 Å². The Kier molecular flexibility index (Phi) is 7.71. The molecule has 12 heteroatoms. The van der Waals surface area contributed by atoms with Crippen molar-refractivity contribution < 1.29 is 27.7 Å². The molecule has 0 aliphatic carbocycles. The van der Waals surface area contributed by atoms with Crippen LogP contribution < -0.4 is 10.0 Å². The predicted molar refractivity (Wildman–Crippen MR) is 113 cm³/mol. The number of carbonyl (C=O) groups excluding carboxylic acids is 2. The Morgan fingerprint density at radius 2 is 1.74 bits per heavy atom. The van der Waals surface area contributed by atoms with Gasteiger partial charge in [0.05, 0.1) is 20.5 Å². The van der Waals surface area contributed by atoms with Gasteiger partial charge in [-0.1, -0.05) is 29.3 Å². The van der Waals surface area contributed by atoms with Crippen molar-refractivity contribution in [2.75, 3.05) is 5.32 Å². The van der Waals surface area contributed by atoms with Crippen LogP contribution in [0.2, 0.25) is 5.02 Å². The maximum atomic E-state index is 12.4. The van der Waals surface area contributed by atoms with Gasteiger partial charge in [0.25, 0.3) is 11.6 Å². The van der Waals surface area contributed by atoms with E-state index in [1.807, 2.05) is 0 Å². The van der Waals surface area contributed by atoms with E-state index in [0.29, 0.717) is 0 Å². The van der Waals surface area contributed by atoms with Crippen LogP contribution in [0.4, 0.5) is 11.4 Å². The smallest absolute Gasteiger partial charge is 0.324 e. The van der Waals surface area contributed by atoms with Gasteiger partial charge in [0.1, 0.15) is 6.04 Å². The number of hydrogen-bond acceptors (Lipinski definition) is 7. The Morgan fingerprint density at radius 3 is 2.32 bits per heavy atom. The molecule has 0 spiro atoms. The number of hydrogen-bond donors (Lipinski definition) is 2. The van der Waals surface area contributed by atoms with Gasteiger partial charge in [-0.15, -0.1) is 0 Å². The minimum absolute atomic E-state index is 0.0242. The minimum atomic E-state index is -3.98. The maximum absolute atomic E-state index is 12.4. The molecule has 0 radical (unpaired) electrons. The van der Waals surface area contributed by atoms with Gasteiger partial charge in [-0.2, -0.15) is 4.72 Å². The largest absolute Gasteiger partial charge is 0.451 e. The molecule has 0 bridgehead atoms. The summed E-state index contributed by atoms with van der Waals surface area (Å²) in [6.45, 7) is 4.34. The highest BCUT2D eigenvalue weighted by molar-refractivity contribution is 7.89. The molecule has 0 aliphatic rings. The molecule has 0 fully saturated rings. The second-order valence-corrected chi connectivity index (χ2v) is 8.77. The summed E-state index contributed by atoms with van der Waals surface area (Å²) >= 11 is 5.92. The van der Waals surface area contributed by atoms with E-state index in [9.17, 15) is 28.1 Å². The first-order valence-corrected chi connectivity index (χ1v) is 10.8. The van der Waals surface area contributed by atoms with Crippen molar-refractivity contribution in [3.05, 3.63) is 63.2 Å². The number of ether oxygens (including phenoxy) is 1. The Balaban J connectivity index is 2.01. The number of halogens is 1. The molecule has 2 aromatic carbocycles. The third kappa shape index (κ3) is 6.48. The number of esters is 1. The fraction of sp³-hybridized carbons (Fsp3) is 0.263. The lowest BCUT2D eigenvalue weighted by Gasteiger charge is -2.18. The monoisotopic (exact) mass is 469 g/mol. The van der Waals surface area contributed by atoms with Crippen LogP contribution in [-0.4, -0.2) is 37.4 Å². The van der Waals surface area contributed by atoms with Crippen LogP contribution in [0.25, 0.3) is 0 Å². The third-order valence-corrected chi connectivity index (χ3v) is 5.98. The summed E-state index contributed by atoms with van der Waals surface area (Å²) in [4.78, 5) is 34.7. The van der Waals surface area contributed by atoms with E-state index in [2.05, 4.69) is 10.0 Å². The van der Waals surface area contributed by atoms with E-state index in [1.54, 1.807) is 19.1 Å². The second kappa shape index (κ2) is 9.86. The van der Waals surface area contributed by atoms with Crippen molar-refractivity contribution >= 4 is 44.9 Å². The standard InChI is InChI=1S/C19H20ClN3O7S/c1-11-4-7-15(8-5-11)31(28,29)22-12(2)19(25)30-13(3)18(24)21-17-10-14(23(26)27)6-9-16(17)20/h4-10,12-13,22H,1-3H3,(H,21,24). The first kappa shape index (κ1) is 24.3. The Morgan fingerprint density at radius 1 is 1.13 bits per heavy atom. The van der Waals surface area contributed by atoms with Crippen LogP contribution in [0.15, 0.2) is 47.4 Å². The van der Waals surface area contributed by atoms with E-state index < -0.39 is 39.0 Å². The number of nitro groups is 1. The van der Waals surface area contributed by atoms with Crippen LogP contribution >= 0.6 is 11.6 Å². The lowest BCUT2D eigenvalue weighted by Crippen LogP contribution is -2.42. The number of anilines is 1. The normalized spacial score (nSPS) is 13.2. The van der Waals surface area contributed by atoms with Crippen molar-refractivity contribution in [3.8, 4) is 0 Å². The van der Waals surface area contributed by atoms with E-state index in [-0.39, 0.29) is 21.3 Å². The molecule has 0 heterocycles. The molecule has 0 saturated carbocycles. The molecule has 2 rings (SSSR count). The van der Waals surface area contributed by atoms with Crippen LogP contribution in [0.3, 0.4) is 0 Å². The minimum Gasteiger partial charge on any atom is -0.451 e. The SMILES string of the molecule is Cc1ccc(S(=O)(=O)NC(C)C(=O)OC(C)C(=O)Nc2cc([N+](=O)[O-])ccc2Cl)cc1. The highest BCUT2D eigenvalue weighted by Crippen LogP contribution is 2.26. The van der Waals surface area contributed by atoms with Gasteiger partial charge in [-0.3, -0.25) is 19.7 Å². The molecule has 1 amide bonds. The third-order valence-electron chi connectivity index (χ3n) is 4.10. The molecule has 2 unspecified atom stereocenters. The summed E-state index contributed by atoms with van der Waals surface area (Å²) < 4.78 is 31.9. The molecule has 10 nitrogen and oxygen atoms in total. The first-order chi connectivity index (χ1) is 14.4. The number of non-ortho nitro benzene ring substituents is 1. The van der Waals surface area contributed by atoms with Crippen LogP contribution in [0.5, 0.6) is 0 Å². The number of sulfonamides is 1. The molecule has 166 valence electrons. The van der Waals surface area contributed by atoms with E-state index in [4.69, 9.17) is 16.3 Å². The highest BCUT2D eigenvalue weighted by atomic mass is 35.5. The molecule has 2 N–H and O–H groups in total. The number of nitrogens with zero attached hydrogens (tertiary/aromatic N) is 1. The molecular formula is C19H20ClN3O7S. The number of carbonyl (C=O) groups is 2. The van der Waals surface area contributed by atoms with Gasteiger partial charge in [0, 0.05) is 12.1 Å². The molecular weight excluding hydrogens is 450 g/mol. The summed E-state index contributed by atoms with van der Waals surface area (Å²) in [7, 11) is -3.98. The average molecular weight is 470 g/mol. The fourth-order valence-corrected chi connectivity index (χ4v) is 3.71. The first-order valence-electron chi connectivity index (χ1n) is 8.95. The van der Waals surface area contributed by atoms with Crippen molar-refractivity contribution in [3.63, 3.8) is 0 Å². The number of amides is 1. The summed E-state index contributed by atoms with van der Waals surface area (Å²) in [6.07, 6.45) is -1.32. The zero-order valence-corrected chi connectivity index (χ0v) is 18.4. The van der Waals surface area contributed by atoms with Crippen LogP contribution in [0, 0.1) is 17.0 Å². The number of rotatable bonds is 8. The van der Waals surface area contributed by atoms with Crippen molar-refractivity contribution in [2.45, 2.75) is 37.8 Å². The highest BCUT2D eigenvalue weighted by Gasteiger charge is 2.27. The topological polar surface area (TPSA) is 145 Å². The quantitative estimate of drug-likeness (QED) is 0.343. The van der Waals surface area contributed by atoms with Gasteiger partial charge in [-0.05, 0) is 39.0 Å². The van der Waals surface area contributed by atoms with Gasteiger partial charge in [0.2, 0.25) is 10.0 Å². The van der Waals surface area contributed by atoms with Crippen molar-refractivity contribution in [1.82, 2.24) is 4.72 Å². The van der Waals surface area contributed by atoms with E-state index >= 15 is 0 Å². The Hall–Kier alpha value is -3.02. The Labute approximate surface area is 183 Å². The number of aryl methyl sites for hydroxylation is 1. The summed E-state index contributed by atoms with van der Waals surface area (Å²) in [5.41, 5.74) is 0.551. The number of benzene rings is 2. The fourth-order valence-electron chi connectivity index (χ4n) is 2.35. The lowest BCUT2D eigenvalue weighted by molar-refractivity contribution is -0.384. The summed E-state index contributed by atoms with van der Waals surface area (Å²) in [5.74, 6) is -1.78. The van der Waals surface area contributed by atoms with Crippen LogP contribution in [0.1, 0.15) is 19.4 Å². The Bertz CT molecular complexity index is 1100. The zero-order chi connectivity index (χ0) is 23.3. The van der Waals surface area contributed by atoms with Gasteiger partial charge in [0.15, 0.2) is 6.10 Å². The number of nitro benzene ring substituents is 1. The van der Waals surface area contributed by atoms with E-state index in [0.717, 1.165) is 11.6 Å². The average Bonchev–Trinajstić information content (AvgIpc) is 2.69. The van der Waals surface area contributed by atoms with Gasteiger partial charge >= 0.3 is 5.97 Å². The molecule has 0 saturated heterocycles.